The van der Waals surface area contributed by atoms with E-state index in [2.05, 4.69) is 5.32 Å². The number of hydrogen-bond acceptors (Lipinski definition) is 4. The molecule has 0 bridgehead atoms. The lowest BCUT2D eigenvalue weighted by Gasteiger charge is -2.31. The van der Waals surface area contributed by atoms with E-state index >= 15 is 0 Å². The zero-order valence-electron chi connectivity index (χ0n) is 16.4. The first kappa shape index (κ1) is 19.2. The molecule has 2 aliphatic rings. The molecule has 1 atom stereocenters. The number of benzene rings is 3. The normalized spacial score (nSPS) is 21.3. The van der Waals surface area contributed by atoms with Crippen LogP contribution in [-0.2, 0) is 14.5 Å². The van der Waals surface area contributed by atoms with Gasteiger partial charge in [0.25, 0.3) is 11.8 Å². The topological polar surface area (TPSA) is 69.6 Å². The molecule has 0 aliphatic carbocycles. The molecule has 0 saturated carbocycles. The maximum Gasteiger partial charge on any atom is 0.266 e. The highest BCUT2D eigenvalue weighted by Crippen LogP contribution is 2.57. The standard InChI is InChI=1S/C25H18N2O3S/c28-19-15-13-18(14-16-19)27-23(29)22(12-6-9-17-7-2-1-3-8-17)31-25(27)20-10-4-5-11-21(20)26-24(25)30/h1-16,28H,(H,26,30)/b9-6+,22-12-. The Bertz CT molecular complexity index is 1240. The van der Waals surface area contributed by atoms with Crippen molar-refractivity contribution in [2.75, 3.05) is 10.2 Å². The van der Waals surface area contributed by atoms with Gasteiger partial charge in [-0.2, -0.15) is 0 Å². The van der Waals surface area contributed by atoms with Crippen LogP contribution in [0.1, 0.15) is 11.1 Å². The lowest BCUT2D eigenvalue weighted by Crippen LogP contribution is -2.47. The number of carbonyl (C=O) groups excluding carboxylic acids is 2. The molecule has 2 amide bonds. The molecule has 31 heavy (non-hydrogen) atoms. The van der Waals surface area contributed by atoms with Crippen molar-refractivity contribution in [2.24, 2.45) is 0 Å². The summed E-state index contributed by atoms with van der Waals surface area (Å²) < 4.78 is 0. The van der Waals surface area contributed by atoms with Gasteiger partial charge in [0.1, 0.15) is 5.75 Å². The number of fused-ring (bicyclic) bond motifs is 2. The van der Waals surface area contributed by atoms with Gasteiger partial charge in [0, 0.05) is 16.9 Å². The van der Waals surface area contributed by atoms with Crippen molar-refractivity contribution in [3.8, 4) is 5.75 Å². The number of phenols is 1. The highest BCUT2D eigenvalue weighted by Gasteiger charge is 2.60. The van der Waals surface area contributed by atoms with Crippen LogP contribution in [-0.4, -0.2) is 16.9 Å². The number of thioether (sulfide) groups is 1. The molecule has 5 rings (SSSR count). The quantitative estimate of drug-likeness (QED) is 0.586. The first-order valence-electron chi connectivity index (χ1n) is 9.76. The van der Waals surface area contributed by atoms with Crippen LogP contribution in [0.4, 0.5) is 11.4 Å². The molecule has 3 aromatic rings. The number of para-hydroxylation sites is 1. The number of phenolic OH excluding ortho intramolecular Hbond substituents is 1. The van der Waals surface area contributed by atoms with E-state index in [1.54, 1.807) is 18.2 Å². The van der Waals surface area contributed by atoms with Crippen LogP contribution < -0.4 is 10.2 Å². The molecular weight excluding hydrogens is 408 g/mol. The Hall–Kier alpha value is -3.77. The molecule has 3 aromatic carbocycles. The molecule has 5 nitrogen and oxygen atoms in total. The molecule has 6 heteroatoms. The number of nitrogens with one attached hydrogen (secondary N) is 1. The maximum atomic E-state index is 13.5. The molecular formula is C25H18N2O3S. The second kappa shape index (κ2) is 7.49. The Balaban J connectivity index is 1.61. The van der Waals surface area contributed by atoms with Crippen molar-refractivity contribution < 1.29 is 14.7 Å². The molecule has 1 saturated heterocycles. The smallest absolute Gasteiger partial charge is 0.266 e. The predicted octanol–water partition coefficient (Wildman–Crippen LogP) is 4.87. The molecule has 2 aliphatic heterocycles. The second-order valence-corrected chi connectivity index (χ2v) is 8.44. The van der Waals surface area contributed by atoms with Gasteiger partial charge in [-0.25, -0.2) is 0 Å². The lowest BCUT2D eigenvalue weighted by atomic mass is 10.0. The first-order valence-corrected chi connectivity index (χ1v) is 10.6. The van der Waals surface area contributed by atoms with Crippen LogP contribution in [0.2, 0.25) is 0 Å². The molecule has 1 fully saturated rings. The van der Waals surface area contributed by atoms with Crippen LogP contribution in [0.15, 0.2) is 95.9 Å². The molecule has 1 spiro atoms. The summed E-state index contributed by atoms with van der Waals surface area (Å²) in [4.78, 5) is 27.5. The minimum atomic E-state index is -1.24. The number of hydrogen-bond donors (Lipinski definition) is 2. The van der Waals surface area contributed by atoms with E-state index in [4.69, 9.17) is 0 Å². The first-order chi connectivity index (χ1) is 15.1. The molecule has 0 radical (unpaired) electrons. The number of allylic oxidation sites excluding steroid dienone is 2. The van der Waals surface area contributed by atoms with Crippen molar-refractivity contribution >= 4 is 41.0 Å². The van der Waals surface area contributed by atoms with Gasteiger partial charge in [-0.05, 0) is 42.0 Å². The fourth-order valence-electron chi connectivity index (χ4n) is 3.86. The summed E-state index contributed by atoms with van der Waals surface area (Å²) in [5.74, 6) is -0.439. The molecule has 0 aromatic heterocycles. The van der Waals surface area contributed by atoms with E-state index in [0.29, 0.717) is 16.3 Å². The highest BCUT2D eigenvalue weighted by atomic mass is 32.2. The van der Waals surface area contributed by atoms with Crippen molar-refractivity contribution in [2.45, 2.75) is 4.87 Å². The van der Waals surface area contributed by atoms with Crippen LogP contribution >= 0.6 is 11.8 Å². The van der Waals surface area contributed by atoms with Crippen LogP contribution in [0.5, 0.6) is 5.75 Å². The van der Waals surface area contributed by atoms with Gasteiger partial charge in [-0.3, -0.25) is 14.5 Å². The van der Waals surface area contributed by atoms with E-state index in [0.717, 1.165) is 11.1 Å². The van der Waals surface area contributed by atoms with Gasteiger partial charge >= 0.3 is 0 Å². The Morgan fingerprint density at radius 1 is 0.903 bits per heavy atom. The average molecular weight is 426 g/mol. The zero-order valence-corrected chi connectivity index (χ0v) is 17.2. The van der Waals surface area contributed by atoms with Crippen molar-refractivity contribution in [1.29, 1.82) is 0 Å². The van der Waals surface area contributed by atoms with Gasteiger partial charge in [0.15, 0.2) is 0 Å². The average Bonchev–Trinajstić information content (AvgIpc) is 3.24. The summed E-state index contributed by atoms with van der Waals surface area (Å²) in [5, 5.41) is 12.6. The van der Waals surface area contributed by atoms with E-state index in [9.17, 15) is 14.7 Å². The van der Waals surface area contributed by atoms with Crippen molar-refractivity contribution in [3.05, 3.63) is 107 Å². The molecule has 2 heterocycles. The number of nitrogens with zero attached hydrogens (tertiary/aromatic N) is 1. The third-order valence-corrected chi connectivity index (χ3v) is 6.69. The van der Waals surface area contributed by atoms with Crippen molar-refractivity contribution in [3.63, 3.8) is 0 Å². The fourth-order valence-corrected chi connectivity index (χ4v) is 5.21. The van der Waals surface area contributed by atoms with E-state index in [1.807, 2.05) is 66.7 Å². The Labute approximate surface area is 183 Å². The SMILES string of the molecule is O=C1/C(=C/C=C/c2ccccc2)SC2(C(=O)Nc3ccccc32)N1c1ccc(O)cc1. The van der Waals surface area contributed by atoms with E-state index in [-0.39, 0.29) is 17.6 Å². The van der Waals surface area contributed by atoms with Crippen LogP contribution in [0.25, 0.3) is 6.08 Å². The second-order valence-electron chi connectivity index (χ2n) is 7.20. The van der Waals surface area contributed by atoms with Gasteiger partial charge in [-0.15, -0.1) is 0 Å². The fraction of sp³-hybridized carbons (Fsp3) is 0.0400. The Morgan fingerprint density at radius 2 is 1.61 bits per heavy atom. The lowest BCUT2D eigenvalue weighted by molar-refractivity contribution is -0.121. The zero-order chi connectivity index (χ0) is 21.4. The third-order valence-electron chi connectivity index (χ3n) is 5.28. The Kier molecular flexibility index (Phi) is 4.64. The molecule has 1 unspecified atom stereocenters. The van der Waals surface area contributed by atoms with Crippen molar-refractivity contribution in [1.82, 2.24) is 0 Å². The minimum Gasteiger partial charge on any atom is -0.508 e. The van der Waals surface area contributed by atoms with Gasteiger partial charge < -0.3 is 10.4 Å². The van der Waals surface area contributed by atoms with Gasteiger partial charge in [0.05, 0.1) is 4.91 Å². The number of anilines is 2. The summed E-state index contributed by atoms with van der Waals surface area (Å²) in [6.07, 6.45) is 5.48. The monoisotopic (exact) mass is 426 g/mol. The summed E-state index contributed by atoms with van der Waals surface area (Å²) in [6, 6.07) is 23.5. The summed E-state index contributed by atoms with van der Waals surface area (Å²) in [5.41, 5.74) is 2.99. The number of rotatable bonds is 3. The number of amides is 2. The number of carbonyl (C=O) groups is 2. The predicted molar refractivity (Wildman–Crippen MR) is 123 cm³/mol. The van der Waals surface area contributed by atoms with E-state index < -0.39 is 4.87 Å². The largest absolute Gasteiger partial charge is 0.508 e. The van der Waals surface area contributed by atoms with Crippen LogP contribution in [0.3, 0.4) is 0 Å². The maximum absolute atomic E-state index is 13.5. The number of aromatic hydroxyl groups is 1. The minimum absolute atomic E-state index is 0.0925. The van der Waals surface area contributed by atoms with E-state index in [1.165, 1.54) is 28.8 Å². The van der Waals surface area contributed by atoms with Crippen LogP contribution in [0, 0.1) is 0 Å². The molecule has 152 valence electrons. The summed E-state index contributed by atoms with van der Waals surface area (Å²) >= 11 is 1.23. The summed E-state index contributed by atoms with van der Waals surface area (Å²) in [7, 11) is 0. The van der Waals surface area contributed by atoms with Gasteiger partial charge in [0.2, 0.25) is 4.87 Å². The van der Waals surface area contributed by atoms with Gasteiger partial charge in [-0.1, -0.05) is 72.4 Å². The third kappa shape index (κ3) is 3.12. The summed E-state index contributed by atoms with van der Waals surface area (Å²) in [6.45, 7) is 0. The molecule has 2 N–H and O–H groups in total. The highest BCUT2D eigenvalue weighted by molar-refractivity contribution is 8.06. The Morgan fingerprint density at radius 3 is 2.39 bits per heavy atom.